The highest BCUT2D eigenvalue weighted by Gasteiger charge is 2.33. The lowest BCUT2D eigenvalue weighted by Crippen LogP contribution is -2.31. The maximum absolute atomic E-state index is 13.3. The van der Waals surface area contributed by atoms with E-state index in [1.165, 1.54) is 5.01 Å². The van der Waals surface area contributed by atoms with E-state index < -0.39 is 0 Å². The number of hydrogen-bond donors (Lipinski definition) is 0. The molecule has 0 saturated heterocycles. The Morgan fingerprint density at radius 2 is 1.80 bits per heavy atom. The number of amides is 1. The van der Waals surface area contributed by atoms with E-state index in [0.29, 0.717) is 30.1 Å². The van der Waals surface area contributed by atoms with Gasteiger partial charge >= 0.3 is 0 Å². The van der Waals surface area contributed by atoms with Crippen LogP contribution in [0, 0.1) is 0 Å². The van der Waals surface area contributed by atoms with Crippen molar-refractivity contribution in [3.8, 4) is 17.2 Å². The Morgan fingerprint density at radius 3 is 2.46 bits per heavy atom. The summed E-state index contributed by atoms with van der Waals surface area (Å²) in [6.07, 6.45) is 1.30. The lowest BCUT2D eigenvalue weighted by atomic mass is 9.98. The third kappa shape index (κ3) is 5.71. The number of carbonyl (C=O) groups is 2. The van der Waals surface area contributed by atoms with Crippen LogP contribution in [0.1, 0.15) is 40.9 Å². The van der Waals surface area contributed by atoms with Crippen LogP contribution < -0.4 is 14.2 Å². The van der Waals surface area contributed by atoms with E-state index >= 15 is 0 Å². The molecule has 0 radical (unpaired) electrons. The van der Waals surface area contributed by atoms with Crippen molar-refractivity contribution >= 4 is 33.8 Å². The van der Waals surface area contributed by atoms with Crippen LogP contribution in [0.2, 0.25) is 0 Å². The molecule has 0 spiro atoms. The minimum atomic E-state index is -0.292. The Balaban J connectivity index is 1.58. The van der Waals surface area contributed by atoms with Crippen molar-refractivity contribution in [3.05, 3.63) is 87.9 Å². The van der Waals surface area contributed by atoms with Gasteiger partial charge in [-0.05, 0) is 60.5 Å². The summed E-state index contributed by atoms with van der Waals surface area (Å²) >= 11 is 3.46. The van der Waals surface area contributed by atoms with Crippen LogP contribution in [-0.4, -0.2) is 43.2 Å². The molecule has 8 heteroatoms. The zero-order valence-electron chi connectivity index (χ0n) is 19.4. The number of aldehydes is 1. The molecule has 0 fully saturated rings. The van der Waals surface area contributed by atoms with Crippen LogP contribution in [0.25, 0.3) is 0 Å². The highest BCUT2D eigenvalue weighted by atomic mass is 79.9. The van der Waals surface area contributed by atoms with Crippen molar-refractivity contribution in [3.63, 3.8) is 0 Å². The Bertz CT molecular complexity index is 1230. The lowest BCUT2D eigenvalue weighted by Gasteiger charge is -2.22. The van der Waals surface area contributed by atoms with Crippen molar-refractivity contribution < 1.29 is 23.8 Å². The van der Waals surface area contributed by atoms with Gasteiger partial charge in [0.15, 0.2) is 18.1 Å². The fourth-order valence-electron chi connectivity index (χ4n) is 3.83. The average Bonchev–Trinajstić information content (AvgIpc) is 3.34. The molecule has 0 saturated carbocycles. The monoisotopic (exact) mass is 536 g/mol. The van der Waals surface area contributed by atoms with Gasteiger partial charge in [0.1, 0.15) is 12.0 Å². The first kappa shape index (κ1) is 24.5. The average molecular weight is 537 g/mol. The molecule has 0 aromatic heterocycles. The van der Waals surface area contributed by atoms with Gasteiger partial charge in [-0.15, -0.1) is 0 Å². The fraction of sp³-hybridized carbons (Fsp3) is 0.222. The number of halogens is 1. The molecular formula is C27H25BrN2O5. The second-order valence-corrected chi connectivity index (χ2v) is 8.75. The maximum atomic E-state index is 13.3. The van der Waals surface area contributed by atoms with Gasteiger partial charge in [0.25, 0.3) is 5.91 Å². The maximum Gasteiger partial charge on any atom is 0.281 e. The quantitative estimate of drug-likeness (QED) is 0.341. The third-order valence-electron chi connectivity index (χ3n) is 5.60. The molecule has 1 heterocycles. The van der Waals surface area contributed by atoms with Crippen LogP contribution in [0.4, 0.5) is 0 Å². The molecule has 35 heavy (non-hydrogen) atoms. The first-order valence-electron chi connectivity index (χ1n) is 11.2. The van der Waals surface area contributed by atoms with Crippen molar-refractivity contribution in [1.29, 1.82) is 0 Å². The van der Waals surface area contributed by atoms with Gasteiger partial charge in [-0.2, -0.15) is 5.10 Å². The molecule has 3 aromatic rings. The number of carbonyl (C=O) groups excluding carboxylic acids is 2. The summed E-state index contributed by atoms with van der Waals surface area (Å²) in [6.45, 7) is 2.01. The fourth-order valence-corrected chi connectivity index (χ4v) is 4.10. The largest absolute Gasteiger partial charge is 0.497 e. The number of rotatable bonds is 9. The molecule has 1 amide bonds. The van der Waals surface area contributed by atoms with E-state index in [0.717, 1.165) is 33.3 Å². The van der Waals surface area contributed by atoms with Crippen LogP contribution in [-0.2, 0) is 4.79 Å². The molecule has 1 unspecified atom stereocenters. The summed E-state index contributed by atoms with van der Waals surface area (Å²) in [4.78, 5) is 24.4. The smallest absolute Gasteiger partial charge is 0.281 e. The zero-order chi connectivity index (χ0) is 24.8. The van der Waals surface area contributed by atoms with Crippen LogP contribution in [0.3, 0.4) is 0 Å². The standard InChI is InChI=1S/C27H25BrN2O5/c1-3-34-26-14-18(16-31)4-13-25(26)35-17-27(32)30-24(20-7-11-22(33-2)12-8-20)15-23(29-30)19-5-9-21(28)10-6-19/h4-14,16,24H,3,15,17H2,1-2H3. The molecule has 4 rings (SSSR count). The highest BCUT2D eigenvalue weighted by Crippen LogP contribution is 2.34. The predicted octanol–water partition coefficient (Wildman–Crippen LogP) is 5.43. The Labute approximate surface area is 212 Å². The second kappa shape index (κ2) is 11.2. The van der Waals surface area contributed by atoms with Gasteiger partial charge in [-0.1, -0.05) is 40.2 Å². The number of hydrogen-bond acceptors (Lipinski definition) is 6. The first-order chi connectivity index (χ1) is 17.0. The van der Waals surface area contributed by atoms with E-state index in [9.17, 15) is 9.59 Å². The minimum absolute atomic E-state index is 0.232. The van der Waals surface area contributed by atoms with Gasteiger partial charge in [0.2, 0.25) is 0 Å². The topological polar surface area (TPSA) is 77.4 Å². The molecule has 1 aliphatic rings. The highest BCUT2D eigenvalue weighted by molar-refractivity contribution is 9.10. The third-order valence-corrected chi connectivity index (χ3v) is 6.13. The second-order valence-electron chi connectivity index (χ2n) is 7.83. The van der Waals surface area contributed by atoms with E-state index in [-0.39, 0.29) is 18.6 Å². The van der Waals surface area contributed by atoms with Gasteiger partial charge in [-0.25, -0.2) is 5.01 Å². The number of benzene rings is 3. The van der Waals surface area contributed by atoms with Gasteiger partial charge in [-0.3, -0.25) is 9.59 Å². The molecule has 3 aromatic carbocycles. The van der Waals surface area contributed by atoms with Crippen molar-refractivity contribution in [2.24, 2.45) is 5.10 Å². The molecule has 1 aliphatic heterocycles. The van der Waals surface area contributed by atoms with E-state index in [1.807, 2.05) is 55.5 Å². The summed E-state index contributed by atoms with van der Waals surface area (Å²) in [7, 11) is 1.62. The first-order valence-corrected chi connectivity index (χ1v) is 12.0. The zero-order valence-corrected chi connectivity index (χ0v) is 21.0. The van der Waals surface area contributed by atoms with Gasteiger partial charge in [0.05, 0.1) is 25.5 Å². The van der Waals surface area contributed by atoms with Crippen LogP contribution in [0.5, 0.6) is 17.2 Å². The molecule has 0 bridgehead atoms. The SMILES string of the molecule is CCOc1cc(C=O)ccc1OCC(=O)N1N=C(c2ccc(Br)cc2)CC1c1ccc(OC)cc1. The number of ether oxygens (including phenoxy) is 3. The number of nitrogens with zero attached hydrogens (tertiary/aromatic N) is 2. The van der Waals surface area contributed by atoms with Crippen molar-refractivity contribution in [1.82, 2.24) is 5.01 Å². The molecule has 0 aliphatic carbocycles. The van der Waals surface area contributed by atoms with Gasteiger partial charge in [0, 0.05) is 16.5 Å². The molecule has 7 nitrogen and oxygen atoms in total. The molecular weight excluding hydrogens is 512 g/mol. The summed E-state index contributed by atoms with van der Waals surface area (Å²) < 4.78 is 17.6. The molecule has 1 atom stereocenters. The van der Waals surface area contributed by atoms with Gasteiger partial charge < -0.3 is 14.2 Å². The number of methoxy groups -OCH3 is 1. The molecule has 180 valence electrons. The molecule has 0 N–H and O–H groups in total. The number of hydrazone groups is 1. The normalized spacial score (nSPS) is 14.9. The van der Waals surface area contributed by atoms with Crippen molar-refractivity contribution in [2.45, 2.75) is 19.4 Å². The summed E-state index contributed by atoms with van der Waals surface area (Å²) in [6, 6.07) is 20.0. The van der Waals surface area contributed by atoms with Crippen LogP contribution >= 0.6 is 15.9 Å². The van der Waals surface area contributed by atoms with Crippen LogP contribution in [0.15, 0.2) is 76.3 Å². The lowest BCUT2D eigenvalue weighted by molar-refractivity contribution is -0.135. The van der Waals surface area contributed by atoms with E-state index in [1.54, 1.807) is 25.3 Å². The summed E-state index contributed by atoms with van der Waals surface area (Å²) in [5.41, 5.74) is 3.18. The summed E-state index contributed by atoms with van der Waals surface area (Å²) in [5.74, 6) is 1.25. The predicted molar refractivity (Wildman–Crippen MR) is 136 cm³/mol. The van der Waals surface area contributed by atoms with E-state index in [4.69, 9.17) is 14.2 Å². The van der Waals surface area contributed by atoms with E-state index in [2.05, 4.69) is 21.0 Å². The summed E-state index contributed by atoms with van der Waals surface area (Å²) in [5, 5.41) is 6.17. The Morgan fingerprint density at radius 1 is 1.06 bits per heavy atom. The Kier molecular flexibility index (Phi) is 7.82. The Hall–Kier alpha value is -3.65. The van der Waals surface area contributed by atoms with Crippen molar-refractivity contribution in [2.75, 3.05) is 20.3 Å². The minimum Gasteiger partial charge on any atom is -0.497 e.